The van der Waals surface area contributed by atoms with Crippen LogP contribution in [0.2, 0.25) is 0 Å². The van der Waals surface area contributed by atoms with E-state index in [9.17, 15) is 9.59 Å². The first-order chi connectivity index (χ1) is 11.5. The summed E-state index contributed by atoms with van der Waals surface area (Å²) in [5.74, 6) is 1.51. The number of ketones is 1. The first kappa shape index (κ1) is 21.5. The van der Waals surface area contributed by atoms with Gasteiger partial charge in [0.15, 0.2) is 5.78 Å². The van der Waals surface area contributed by atoms with Crippen LogP contribution in [0.5, 0.6) is 5.75 Å². The molecule has 1 atom stereocenters. The molecular weight excluding hydrogens is 340 g/mol. The Morgan fingerprint density at radius 1 is 1.24 bits per heavy atom. The molecule has 25 heavy (non-hydrogen) atoms. The van der Waals surface area contributed by atoms with Crippen LogP contribution in [-0.4, -0.2) is 42.3 Å². The molecule has 6 heteroatoms. The Morgan fingerprint density at radius 3 is 2.36 bits per heavy atom. The summed E-state index contributed by atoms with van der Waals surface area (Å²) in [5, 5.41) is 0. The average molecular weight is 369 g/mol. The van der Waals surface area contributed by atoms with Crippen molar-refractivity contribution in [2.75, 3.05) is 19.7 Å². The molecule has 0 saturated carbocycles. The zero-order valence-corrected chi connectivity index (χ0v) is 15.9. The number of rotatable bonds is 7. The van der Waals surface area contributed by atoms with Gasteiger partial charge in [0.1, 0.15) is 5.75 Å². The van der Waals surface area contributed by atoms with Crippen LogP contribution >= 0.6 is 12.4 Å². The van der Waals surface area contributed by atoms with Crippen LogP contribution in [0.25, 0.3) is 0 Å². The van der Waals surface area contributed by atoms with Gasteiger partial charge in [0.05, 0.1) is 6.61 Å². The summed E-state index contributed by atoms with van der Waals surface area (Å²) in [6.45, 7) is 5.72. The van der Waals surface area contributed by atoms with E-state index in [4.69, 9.17) is 10.5 Å². The summed E-state index contributed by atoms with van der Waals surface area (Å²) in [6, 6.07) is 7.30. The van der Waals surface area contributed by atoms with E-state index in [1.54, 1.807) is 31.2 Å². The molecule has 1 aliphatic heterocycles. The van der Waals surface area contributed by atoms with Crippen LogP contribution in [0.4, 0.5) is 0 Å². The molecule has 1 aromatic carbocycles. The standard InChI is InChI=1S/C19H28N2O3.ClH/c1-14(20)16-9-11-21(12-10-16)19(23)4-3-13-24-18-7-5-17(6-8-18)15(2)22;/h5-8,14,16H,3-4,9-13,20H2,1-2H3;1H. The largest absolute Gasteiger partial charge is 0.494 e. The molecule has 1 aliphatic rings. The molecule has 2 rings (SSSR count). The lowest BCUT2D eigenvalue weighted by Gasteiger charge is -2.33. The van der Waals surface area contributed by atoms with Gasteiger partial charge in [-0.3, -0.25) is 9.59 Å². The maximum Gasteiger partial charge on any atom is 0.222 e. The van der Waals surface area contributed by atoms with Crippen LogP contribution in [0.3, 0.4) is 0 Å². The Labute approximate surface area is 156 Å². The third kappa shape index (κ3) is 6.67. The van der Waals surface area contributed by atoms with Gasteiger partial charge < -0.3 is 15.4 Å². The number of amides is 1. The molecule has 1 amide bonds. The van der Waals surface area contributed by atoms with Crippen molar-refractivity contribution in [3.63, 3.8) is 0 Å². The van der Waals surface area contributed by atoms with Gasteiger partial charge in [-0.05, 0) is 63.3 Å². The topological polar surface area (TPSA) is 72.6 Å². The maximum absolute atomic E-state index is 12.2. The second kappa shape index (κ2) is 10.4. The van der Waals surface area contributed by atoms with Crippen molar-refractivity contribution in [1.82, 2.24) is 4.90 Å². The van der Waals surface area contributed by atoms with Crippen molar-refractivity contribution in [1.29, 1.82) is 0 Å². The number of nitrogens with zero attached hydrogens (tertiary/aromatic N) is 1. The summed E-state index contributed by atoms with van der Waals surface area (Å²) in [7, 11) is 0. The fraction of sp³-hybridized carbons (Fsp3) is 0.579. The van der Waals surface area contributed by atoms with Crippen LogP contribution < -0.4 is 10.5 Å². The van der Waals surface area contributed by atoms with Crippen LogP contribution in [0.15, 0.2) is 24.3 Å². The van der Waals surface area contributed by atoms with E-state index in [1.807, 2.05) is 11.8 Å². The number of carbonyl (C=O) groups is 2. The Kier molecular flexibility index (Phi) is 8.93. The summed E-state index contributed by atoms with van der Waals surface area (Å²) in [5.41, 5.74) is 6.60. The van der Waals surface area contributed by atoms with Crippen molar-refractivity contribution >= 4 is 24.1 Å². The van der Waals surface area contributed by atoms with E-state index in [-0.39, 0.29) is 30.1 Å². The first-order valence-corrected chi connectivity index (χ1v) is 8.74. The molecule has 1 fully saturated rings. The number of likely N-dealkylation sites (tertiary alicyclic amines) is 1. The van der Waals surface area contributed by atoms with Gasteiger partial charge in [-0.15, -0.1) is 12.4 Å². The smallest absolute Gasteiger partial charge is 0.222 e. The highest BCUT2D eigenvalue weighted by Gasteiger charge is 2.24. The monoisotopic (exact) mass is 368 g/mol. The number of hydrogen-bond donors (Lipinski definition) is 1. The lowest BCUT2D eigenvalue weighted by Crippen LogP contribution is -2.42. The SMILES string of the molecule is CC(=O)c1ccc(OCCCC(=O)N2CCC(C(C)N)CC2)cc1.Cl. The molecule has 0 aromatic heterocycles. The molecule has 1 aromatic rings. The molecule has 0 spiro atoms. The van der Waals surface area contributed by atoms with Crippen molar-refractivity contribution in [2.24, 2.45) is 11.7 Å². The van der Waals surface area contributed by atoms with Crippen LogP contribution in [-0.2, 0) is 4.79 Å². The van der Waals surface area contributed by atoms with E-state index in [0.717, 1.165) is 31.7 Å². The van der Waals surface area contributed by atoms with Crippen molar-refractivity contribution < 1.29 is 14.3 Å². The van der Waals surface area contributed by atoms with Crippen LogP contribution in [0, 0.1) is 5.92 Å². The molecule has 2 N–H and O–H groups in total. The van der Waals surface area contributed by atoms with Crippen molar-refractivity contribution in [3.05, 3.63) is 29.8 Å². The van der Waals surface area contributed by atoms with Crippen LogP contribution in [0.1, 0.15) is 49.9 Å². The second-order valence-electron chi connectivity index (χ2n) is 6.61. The van der Waals surface area contributed by atoms with Gasteiger partial charge in [-0.25, -0.2) is 0 Å². The molecule has 0 bridgehead atoms. The number of nitrogens with two attached hydrogens (primary N) is 1. The predicted octanol–water partition coefficient (Wildman–Crippen LogP) is 3.06. The molecule has 1 unspecified atom stereocenters. The first-order valence-electron chi connectivity index (χ1n) is 8.74. The minimum absolute atomic E-state index is 0. The van der Waals surface area contributed by atoms with Crippen molar-refractivity contribution in [2.45, 2.75) is 45.6 Å². The van der Waals surface area contributed by atoms with Gasteiger partial charge in [-0.2, -0.15) is 0 Å². The molecule has 1 saturated heterocycles. The zero-order chi connectivity index (χ0) is 17.5. The number of halogens is 1. The van der Waals surface area contributed by atoms with Gasteiger partial charge in [-0.1, -0.05) is 0 Å². The molecule has 0 aliphatic carbocycles. The summed E-state index contributed by atoms with van der Waals surface area (Å²) >= 11 is 0. The molecule has 1 heterocycles. The number of piperidine rings is 1. The number of ether oxygens (including phenoxy) is 1. The Bertz CT molecular complexity index is 552. The summed E-state index contributed by atoms with van der Waals surface area (Å²) < 4.78 is 5.63. The molecule has 0 radical (unpaired) electrons. The fourth-order valence-corrected chi connectivity index (χ4v) is 3.03. The quantitative estimate of drug-likeness (QED) is 0.593. The third-order valence-electron chi connectivity index (χ3n) is 4.70. The van der Waals surface area contributed by atoms with Gasteiger partial charge >= 0.3 is 0 Å². The number of carbonyl (C=O) groups excluding carboxylic acids is 2. The highest BCUT2D eigenvalue weighted by Crippen LogP contribution is 2.20. The van der Waals surface area contributed by atoms with E-state index >= 15 is 0 Å². The van der Waals surface area contributed by atoms with Crippen molar-refractivity contribution in [3.8, 4) is 5.75 Å². The summed E-state index contributed by atoms with van der Waals surface area (Å²) in [4.78, 5) is 25.4. The highest BCUT2D eigenvalue weighted by molar-refractivity contribution is 5.94. The number of hydrogen-bond acceptors (Lipinski definition) is 4. The van der Waals surface area contributed by atoms with Gasteiger partial charge in [0.2, 0.25) is 5.91 Å². The Morgan fingerprint density at radius 2 is 1.84 bits per heavy atom. The molecular formula is C19H29ClN2O3. The Hall–Kier alpha value is -1.59. The van der Waals surface area contributed by atoms with E-state index in [2.05, 4.69) is 0 Å². The minimum Gasteiger partial charge on any atom is -0.494 e. The number of benzene rings is 1. The second-order valence-corrected chi connectivity index (χ2v) is 6.61. The Balaban J connectivity index is 0.00000312. The summed E-state index contributed by atoms with van der Waals surface area (Å²) in [6.07, 6.45) is 3.21. The maximum atomic E-state index is 12.2. The lowest BCUT2D eigenvalue weighted by molar-refractivity contribution is -0.132. The van der Waals surface area contributed by atoms with Gasteiger partial charge in [0, 0.05) is 31.1 Å². The normalized spacial score (nSPS) is 16.0. The lowest BCUT2D eigenvalue weighted by atomic mass is 9.91. The molecule has 5 nitrogen and oxygen atoms in total. The predicted molar refractivity (Wildman–Crippen MR) is 101 cm³/mol. The van der Waals surface area contributed by atoms with E-state index in [1.165, 1.54) is 0 Å². The fourth-order valence-electron chi connectivity index (χ4n) is 3.03. The van der Waals surface area contributed by atoms with E-state index < -0.39 is 0 Å². The van der Waals surface area contributed by atoms with E-state index in [0.29, 0.717) is 30.9 Å². The molecule has 140 valence electrons. The number of Topliss-reactive ketones (excluding diaryl/α,β-unsaturated/α-hetero) is 1. The highest BCUT2D eigenvalue weighted by atomic mass is 35.5. The minimum atomic E-state index is 0. The third-order valence-corrected chi connectivity index (χ3v) is 4.70. The zero-order valence-electron chi connectivity index (χ0n) is 15.1. The van der Waals surface area contributed by atoms with Gasteiger partial charge in [0.25, 0.3) is 0 Å². The average Bonchev–Trinajstić information content (AvgIpc) is 2.59.